The predicted octanol–water partition coefficient (Wildman–Crippen LogP) is 4.49. The summed E-state index contributed by atoms with van der Waals surface area (Å²) in [6.07, 6.45) is 0.846. The fourth-order valence-corrected chi connectivity index (χ4v) is 3.11. The minimum absolute atomic E-state index is 0.193. The molecule has 2 heterocycles. The Hall–Kier alpha value is -1.71. The van der Waals surface area contributed by atoms with Crippen molar-refractivity contribution in [1.82, 2.24) is 5.01 Å². The standard InChI is InChI=1S/C16H12Cl2N2O/c17-11-3-1-10(2-4-11)14-8-15-13-7-12(18)5-6-16(13)21-9-20(15)19-14/h1-7,15H,8-9H2. The van der Waals surface area contributed by atoms with E-state index in [1.807, 2.05) is 47.5 Å². The molecule has 2 aliphatic rings. The summed E-state index contributed by atoms with van der Waals surface area (Å²) in [7, 11) is 0. The van der Waals surface area contributed by atoms with Crippen LogP contribution in [0.1, 0.15) is 23.6 Å². The van der Waals surface area contributed by atoms with Crippen molar-refractivity contribution in [3.63, 3.8) is 0 Å². The second-order valence-corrected chi connectivity index (χ2v) is 6.04. The normalized spacial score (nSPS) is 19.6. The second kappa shape index (κ2) is 4.93. The average Bonchev–Trinajstić information content (AvgIpc) is 2.92. The third kappa shape index (κ3) is 2.27. The minimum Gasteiger partial charge on any atom is -0.471 e. The van der Waals surface area contributed by atoms with Crippen molar-refractivity contribution in [2.45, 2.75) is 12.5 Å². The van der Waals surface area contributed by atoms with E-state index in [1.54, 1.807) is 0 Å². The molecule has 2 aliphatic heterocycles. The van der Waals surface area contributed by atoms with Gasteiger partial charge in [0.1, 0.15) is 5.75 Å². The first kappa shape index (κ1) is 13.0. The number of hydrogen-bond acceptors (Lipinski definition) is 3. The lowest BCUT2D eigenvalue weighted by Gasteiger charge is -2.30. The van der Waals surface area contributed by atoms with Crippen molar-refractivity contribution in [1.29, 1.82) is 0 Å². The van der Waals surface area contributed by atoms with E-state index in [4.69, 9.17) is 27.9 Å². The van der Waals surface area contributed by atoms with Gasteiger partial charge in [-0.1, -0.05) is 35.3 Å². The van der Waals surface area contributed by atoms with Crippen LogP contribution in [0.15, 0.2) is 47.6 Å². The fourth-order valence-electron chi connectivity index (χ4n) is 2.81. The SMILES string of the molecule is Clc1ccc(C2=NN3COc4ccc(Cl)cc4C3C2)cc1. The smallest absolute Gasteiger partial charge is 0.177 e. The zero-order valence-corrected chi connectivity index (χ0v) is 12.6. The summed E-state index contributed by atoms with van der Waals surface area (Å²) < 4.78 is 5.73. The topological polar surface area (TPSA) is 24.8 Å². The molecule has 2 aromatic rings. The Morgan fingerprint density at radius 2 is 1.81 bits per heavy atom. The highest BCUT2D eigenvalue weighted by Gasteiger charge is 2.34. The molecular weight excluding hydrogens is 307 g/mol. The van der Waals surface area contributed by atoms with Gasteiger partial charge in [-0.3, -0.25) is 5.01 Å². The molecular formula is C16H12Cl2N2O. The van der Waals surface area contributed by atoms with Crippen molar-refractivity contribution in [2.24, 2.45) is 5.10 Å². The molecule has 0 N–H and O–H groups in total. The van der Waals surface area contributed by atoms with Crippen LogP contribution < -0.4 is 4.74 Å². The summed E-state index contributed by atoms with van der Waals surface area (Å²) in [5.74, 6) is 0.896. The Labute approximate surface area is 132 Å². The highest BCUT2D eigenvalue weighted by molar-refractivity contribution is 6.31. The molecule has 0 saturated carbocycles. The summed E-state index contributed by atoms with van der Waals surface area (Å²) in [5.41, 5.74) is 3.24. The molecule has 4 rings (SSSR count). The summed E-state index contributed by atoms with van der Waals surface area (Å²) in [5, 5.41) is 8.11. The van der Waals surface area contributed by atoms with Crippen LogP contribution in [-0.2, 0) is 0 Å². The van der Waals surface area contributed by atoms with Gasteiger partial charge in [-0.25, -0.2) is 0 Å². The van der Waals surface area contributed by atoms with Crippen LogP contribution in [0.5, 0.6) is 5.75 Å². The van der Waals surface area contributed by atoms with Gasteiger partial charge in [0.15, 0.2) is 6.73 Å². The summed E-state index contributed by atoms with van der Waals surface area (Å²) in [4.78, 5) is 0. The van der Waals surface area contributed by atoms with E-state index in [-0.39, 0.29) is 6.04 Å². The molecule has 0 saturated heterocycles. The van der Waals surface area contributed by atoms with Gasteiger partial charge in [-0.2, -0.15) is 5.10 Å². The first-order valence-corrected chi connectivity index (χ1v) is 7.48. The summed E-state index contributed by atoms with van der Waals surface area (Å²) in [6.45, 7) is 0.469. The number of fused-ring (bicyclic) bond motifs is 3. The highest BCUT2D eigenvalue weighted by Crippen LogP contribution is 2.41. The number of benzene rings is 2. The Bertz CT molecular complexity index is 728. The summed E-state index contributed by atoms with van der Waals surface area (Å²) >= 11 is 12.1. The van der Waals surface area contributed by atoms with Crippen LogP contribution in [0.25, 0.3) is 0 Å². The number of hydrazone groups is 1. The van der Waals surface area contributed by atoms with Crippen molar-refractivity contribution >= 4 is 28.9 Å². The molecule has 5 heteroatoms. The molecule has 0 radical (unpaired) electrons. The molecule has 106 valence electrons. The maximum absolute atomic E-state index is 6.11. The molecule has 0 fully saturated rings. The van der Waals surface area contributed by atoms with Crippen LogP contribution in [0, 0.1) is 0 Å². The first-order valence-electron chi connectivity index (χ1n) is 6.73. The number of nitrogens with zero attached hydrogens (tertiary/aromatic N) is 2. The molecule has 0 aromatic heterocycles. The lowest BCUT2D eigenvalue weighted by molar-refractivity contribution is 0.0750. The van der Waals surface area contributed by atoms with E-state index in [0.29, 0.717) is 6.73 Å². The molecule has 0 aliphatic carbocycles. The lowest BCUT2D eigenvalue weighted by Crippen LogP contribution is -2.29. The van der Waals surface area contributed by atoms with Gasteiger partial charge in [-0.05, 0) is 35.9 Å². The van der Waals surface area contributed by atoms with Gasteiger partial charge in [0.05, 0.1) is 11.8 Å². The number of ether oxygens (including phenoxy) is 1. The monoisotopic (exact) mass is 318 g/mol. The lowest BCUT2D eigenvalue weighted by atomic mass is 9.97. The number of halogens is 2. The van der Waals surface area contributed by atoms with Crippen molar-refractivity contribution < 1.29 is 4.74 Å². The van der Waals surface area contributed by atoms with Crippen molar-refractivity contribution in [2.75, 3.05) is 6.73 Å². The first-order chi connectivity index (χ1) is 10.2. The van der Waals surface area contributed by atoms with Crippen LogP contribution in [0.3, 0.4) is 0 Å². The van der Waals surface area contributed by atoms with Gasteiger partial charge in [0.25, 0.3) is 0 Å². The molecule has 1 unspecified atom stereocenters. The van der Waals surface area contributed by atoms with Gasteiger partial charge in [0.2, 0.25) is 0 Å². The van der Waals surface area contributed by atoms with Gasteiger partial charge in [-0.15, -0.1) is 0 Å². The largest absolute Gasteiger partial charge is 0.471 e. The molecule has 0 bridgehead atoms. The Kier molecular flexibility index (Phi) is 3.05. The van der Waals surface area contributed by atoms with Crippen LogP contribution in [0.2, 0.25) is 10.0 Å². The van der Waals surface area contributed by atoms with E-state index in [9.17, 15) is 0 Å². The second-order valence-electron chi connectivity index (χ2n) is 5.17. The quantitative estimate of drug-likeness (QED) is 0.773. The van der Waals surface area contributed by atoms with E-state index in [2.05, 4.69) is 5.10 Å². The molecule has 0 spiro atoms. The zero-order valence-electron chi connectivity index (χ0n) is 11.1. The number of hydrogen-bond donors (Lipinski definition) is 0. The minimum atomic E-state index is 0.193. The Balaban J connectivity index is 1.68. The summed E-state index contributed by atoms with van der Waals surface area (Å²) in [6, 6.07) is 13.7. The van der Waals surface area contributed by atoms with E-state index in [1.165, 1.54) is 0 Å². The van der Waals surface area contributed by atoms with Gasteiger partial charge in [0, 0.05) is 22.0 Å². The van der Waals surface area contributed by atoms with Crippen molar-refractivity contribution in [3.05, 3.63) is 63.6 Å². The number of rotatable bonds is 1. The zero-order chi connectivity index (χ0) is 14.4. The maximum Gasteiger partial charge on any atom is 0.177 e. The van der Waals surface area contributed by atoms with Crippen LogP contribution in [0.4, 0.5) is 0 Å². The third-order valence-corrected chi connectivity index (χ3v) is 4.34. The molecule has 1 atom stereocenters. The highest BCUT2D eigenvalue weighted by atomic mass is 35.5. The maximum atomic E-state index is 6.11. The van der Waals surface area contributed by atoms with Gasteiger partial charge >= 0.3 is 0 Å². The van der Waals surface area contributed by atoms with Crippen LogP contribution >= 0.6 is 23.2 Å². The third-order valence-electron chi connectivity index (χ3n) is 3.86. The molecule has 21 heavy (non-hydrogen) atoms. The van der Waals surface area contributed by atoms with E-state index in [0.717, 1.165) is 39.1 Å². The van der Waals surface area contributed by atoms with Crippen molar-refractivity contribution in [3.8, 4) is 5.75 Å². The van der Waals surface area contributed by atoms with Crippen LogP contribution in [-0.4, -0.2) is 17.5 Å². The van der Waals surface area contributed by atoms with E-state index >= 15 is 0 Å². The predicted molar refractivity (Wildman–Crippen MR) is 84.1 cm³/mol. The fraction of sp³-hybridized carbons (Fsp3) is 0.188. The molecule has 3 nitrogen and oxygen atoms in total. The Morgan fingerprint density at radius 3 is 2.62 bits per heavy atom. The van der Waals surface area contributed by atoms with Gasteiger partial charge < -0.3 is 4.74 Å². The molecule has 2 aromatic carbocycles. The molecule has 0 amide bonds. The average molecular weight is 319 g/mol. The Morgan fingerprint density at radius 1 is 1.05 bits per heavy atom. The van der Waals surface area contributed by atoms with E-state index < -0.39 is 0 Å².